The number of likely N-dealkylation sites (N-methyl/N-ethyl adjacent to an activating group) is 1. The maximum Gasteiger partial charge on any atom is 0.243 e. The first-order chi connectivity index (χ1) is 15.1. The van der Waals surface area contributed by atoms with Crippen molar-refractivity contribution in [3.63, 3.8) is 0 Å². The Morgan fingerprint density at radius 1 is 1.10 bits per heavy atom. The van der Waals surface area contributed by atoms with Gasteiger partial charge in [-0.15, -0.1) is 0 Å². The summed E-state index contributed by atoms with van der Waals surface area (Å²) in [7, 11) is 0. The molecule has 2 N–H and O–H groups in total. The number of nitrogens with one attached hydrogen (secondary N) is 2. The van der Waals surface area contributed by atoms with E-state index in [-0.39, 0.29) is 18.4 Å². The predicted octanol–water partition coefficient (Wildman–Crippen LogP) is 3.75. The summed E-state index contributed by atoms with van der Waals surface area (Å²) in [5.41, 5.74) is 2.94. The van der Waals surface area contributed by atoms with Gasteiger partial charge in [-0.1, -0.05) is 18.2 Å². The Balaban J connectivity index is 1.27. The lowest BCUT2D eigenvalue weighted by Crippen LogP contribution is -2.37. The zero-order valence-corrected chi connectivity index (χ0v) is 17.6. The van der Waals surface area contributed by atoms with E-state index >= 15 is 0 Å². The molecule has 2 heterocycles. The molecule has 2 amide bonds. The fraction of sp³-hybridized carbons (Fsp3) is 0.333. The number of hydrogen-bond donors (Lipinski definition) is 2. The molecule has 0 unspecified atom stereocenters. The van der Waals surface area contributed by atoms with Gasteiger partial charge >= 0.3 is 0 Å². The molecule has 1 aromatic heterocycles. The van der Waals surface area contributed by atoms with E-state index in [0.717, 1.165) is 18.4 Å². The molecule has 162 valence electrons. The number of carbonyl (C=O) groups excluding carboxylic acids is 2. The molecule has 0 saturated heterocycles. The van der Waals surface area contributed by atoms with Gasteiger partial charge in [0.1, 0.15) is 13.2 Å². The standard InChI is InChI=1S/C24H27N3O4/c1-2-27(16-23(28)26-18-10-11-21-22(14-18)31-13-12-30-21)24(29)9-5-6-17-15-25-20-8-4-3-7-19(17)20/h3-4,7-8,10-11,14-15,25H,2,5-6,9,12-13,16H2,1H3,(H,26,28). The van der Waals surface area contributed by atoms with Crippen LogP contribution in [0, 0.1) is 0 Å². The van der Waals surface area contributed by atoms with E-state index in [1.54, 1.807) is 23.1 Å². The zero-order chi connectivity index (χ0) is 21.6. The Labute approximate surface area is 181 Å². The maximum absolute atomic E-state index is 12.6. The van der Waals surface area contributed by atoms with Crippen LogP contribution in [0.4, 0.5) is 5.69 Å². The number of aryl methyl sites for hydroxylation is 1. The molecule has 1 aliphatic heterocycles. The smallest absolute Gasteiger partial charge is 0.243 e. The van der Waals surface area contributed by atoms with Crippen molar-refractivity contribution in [1.29, 1.82) is 0 Å². The number of aromatic nitrogens is 1. The van der Waals surface area contributed by atoms with E-state index < -0.39 is 0 Å². The average Bonchev–Trinajstić information content (AvgIpc) is 3.20. The highest BCUT2D eigenvalue weighted by molar-refractivity contribution is 5.94. The SMILES string of the molecule is CCN(CC(=O)Nc1ccc2c(c1)OCCO2)C(=O)CCCc1c[nH]c2ccccc12. The monoisotopic (exact) mass is 421 g/mol. The number of para-hydroxylation sites is 1. The topological polar surface area (TPSA) is 83.7 Å². The lowest BCUT2D eigenvalue weighted by molar-refractivity contribution is -0.134. The molecule has 2 aromatic carbocycles. The van der Waals surface area contributed by atoms with Crippen molar-refractivity contribution in [3.05, 3.63) is 54.2 Å². The Morgan fingerprint density at radius 3 is 2.74 bits per heavy atom. The van der Waals surface area contributed by atoms with Crippen molar-refractivity contribution in [2.24, 2.45) is 0 Å². The van der Waals surface area contributed by atoms with Crippen LogP contribution in [0.25, 0.3) is 10.9 Å². The van der Waals surface area contributed by atoms with Gasteiger partial charge in [0.05, 0.1) is 6.54 Å². The van der Waals surface area contributed by atoms with E-state index in [9.17, 15) is 9.59 Å². The molecule has 0 atom stereocenters. The highest BCUT2D eigenvalue weighted by Gasteiger charge is 2.17. The minimum Gasteiger partial charge on any atom is -0.486 e. The molecule has 1 aliphatic rings. The fourth-order valence-corrected chi connectivity index (χ4v) is 3.80. The number of benzene rings is 2. The number of anilines is 1. The molecule has 0 fully saturated rings. The highest BCUT2D eigenvalue weighted by atomic mass is 16.6. The number of amides is 2. The van der Waals surface area contributed by atoms with Crippen LogP contribution >= 0.6 is 0 Å². The number of ether oxygens (including phenoxy) is 2. The molecule has 0 bridgehead atoms. The van der Waals surface area contributed by atoms with Gasteiger partial charge in [0.25, 0.3) is 0 Å². The minimum atomic E-state index is -0.233. The summed E-state index contributed by atoms with van der Waals surface area (Å²) in [6.45, 7) is 3.40. The van der Waals surface area contributed by atoms with Crippen molar-refractivity contribution in [3.8, 4) is 11.5 Å². The van der Waals surface area contributed by atoms with Gasteiger partial charge in [-0.3, -0.25) is 9.59 Å². The maximum atomic E-state index is 12.6. The van der Waals surface area contributed by atoms with Gasteiger partial charge in [0.2, 0.25) is 11.8 Å². The second-order valence-electron chi connectivity index (χ2n) is 7.53. The van der Waals surface area contributed by atoms with Crippen molar-refractivity contribution in [2.45, 2.75) is 26.2 Å². The van der Waals surface area contributed by atoms with Crippen LogP contribution < -0.4 is 14.8 Å². The normalized spacial score (nSPS) is 12.5. The summed E-state index contributed by atoms with van der Waals surface area (Å²) < 4.78 is 11.0. The number of nitrogens with zero attached hydrogens (tertiary/aromatic N) is 1. The third-order valence-corrected chi connectivity index (χ3v) is 5.41. The Hall–Kier alpha value is -3.48. The molecule has 7 nitrogen and oxygen atoms in total. The molecule has 0 saturated carbocycles. The fourth-order valence-electron chi connectivity index (χ4n) is 3.80. The summed E-state index contributed by atoms with van der Waals surface area (Å²) in [6, 6.07) is 13.4. The quantitative estimate of drug-likeness (QED) is 0.580. The van der Waals surface area contributed by atoms with Crippen molar-refractivity contribution in [1.82, 2.24) is 9.88 Å². The summed E-state index contributed by atoms with van der Waals surface area (Å²) in [4.78, 5) is 30.0. The van der Waals surface area contributed by atoms with Gasteiger partial charge in [-0.2, -0.15) is 0 Å². The minimum absolute atomic E-state index is 0.0142. The van der Waals surface area contributed by atoms with Gasteiger partial charge < -0.3 is 24.7 Å². The first kappa shape index (κ1) is 20.8. The number of fused-ring (bicyclic) bond motifs is 2. The van der Waals surface area contributed by atoms with Crippen LogP contribution in [0.15, 0.2) is 48.7 Å². The highest BCUT2D eigenvalue weighted by Crippen LogP contribution is 2.32. The van der Waals surface area contributed by atoms with E-state index in [2.05, 4.69) is 16.4 Å². The third-order valence-electron chi connectivity index (χ3n) is 5.41. The van der Waals surface area contributed by atoms with E-state index in [4.69, 9.17) is 9.47 Å². The second kappa shape index (κ2) is 9.55. The van der Waals surface area contributed by atoms with Crippen LogP contribution in [0.1, 0.15) is 25.3 Å². The summed E-state index contributed by atoms with van der Waals surface area (Å²) in [6.07, 6.45) is 3.97. The number of aromatic amines is 1. The molecule has 0 aliphatic carbocycles. The first-order valence-corrected chi connectivity index (χ1v) is 10.7. The van der Waals surface area contributed by atoms with Gasteiger partial charge in [-0.25, -0.2) is 0 Å². The predicted molar refractivity (Wildman–Crippen MR) is 120 cm³/mol. The molecular weight excluding hydrogens is 394 g/mol. The van der Waals surface area contributed by atoms with Crippen LogP contribution in [0.3, 0.4) is 0 Å². The Morgan fingerprint density at radius 2 is 1.90 bits per heavy atom. The second-order valence-corrected chi connectivity index (χ2v) is 7.53. The molecular formula is C24H27N3O4. The van der Waals surface area contributed by atoms with Crippen LogP contribution in [0.2, 0.25) is 0 Å². The number of carbonyl (C=O) groups is 2. The third kappa shape index (κ3) is 4.99. The summed E-state index contributed by atoms with van der Waals surface area (Å²) in [5, 5.41) is 4.03. The number of hydrogen-bond acceptors (Lipinski definition) is 4. The van der Waals surface area contributed by atoms with Crippen LogP contribution in [-0.4, -0.2) is 48.0 Å². The Bertz CT molecular complexity index is 1080. The lowest BCUT2D eigenvalue weighted by atomic mass is 10.1. The van der Waals surface area contributed by atoms with Crippen molar-refractivity contribution in [2.75, 3.05) is 31.6 Å². The number of rotatable bonds is 8. The number of H-pyrrole nitrogens is 1. The molecule has 0 spiro atoms. The molecule has 31 heavy (non-hydrogen) atoms. The van der Waals surface area contributed by atoms with Crippen LogP contribution in [-0.2, 0) is 16.0 Å². The van der Waals surface area contributed by atoms with E-state index in [1.807, 2.05) is 31.3 Å². The largest absolute Gasteiger partial charge is 0.486 e. The molecule has 3 aromatic rings. The average molecular weight is 421 g/mol. The van der Waals surface area contributed by atoms with Gasteiger partial charge in [0.15, 0.2) is 11.5 Å². The van der Waals surface area contributed by atoms with E-state index in [0.29, 0.717) is 43.4 Å². The van der Waals surface area contributed by atoms with Crippen molar-refractivity contribution >= 4 is 28.4 Å². The van der Waals surface area contributed by atoms with Crippen LogP contribution in [0.5, 0.6) is 11.5 Å². The zero-order valence-electron chi connectivity index (χ0n) is 17.6. The lowest BCUT2D eigenvalue weighted by Gasteiger charge is -2.21. The summed E-state index contributed by atoms with van der Waals surface area (Å²) >= 11 is 0. The molecule has 4 rings (SSSR count). The van der Waals surface area contributed by atoms with Crippen molar-refractivity contribution < 1.29 is 19.1 Å². The molecule has 0 radical (unpaired) electrons. The Kier molecular flexibility index (Phi) is 6.40. The van der Waals surface area contributed by atoms with E-state index in [1.165, 1.54) is 10.9 Å². The van der Waals surface area contributed by atoms with Gasteiger partial charge in [-0.05, 0) is 43.5 Å². The molecule has 7 heteroatoms. The summed E-state index contributed by atoms with van der Waals surface area (Å²) in [5.74, 6) is 1.04. The first-order valence-electron chi connectivity index (χ1n) is 10.7. The van der Waals surface area contributed by atoms with Gasteiger partial charge in [0, 0.05) is 41.8 Å².